The van der Waals surface area contributed by atoms with Crippen LogP contribution in [0.5, 0.6) is 11.5 Å². The molecule has 160 valence electrons. The van der Waals surface area contributed by atoms with Gasteiger partial charge in [-0.3, -0.25) is 14.4 Å². The Morgan fingerprint density at radius 1 is 1.13 bits per heavy atom. The van der Waals surface area contributed by atoms with Crippen molar-refractivity contribution in [1.82, 2.24) is 4.98 Å². The molecule has 9 heteroatoms. The van der Waals surface area contributed by atoms with Gasteiger partial charge in [-0.15, -0.1) is 0 Å². The molecule has 4 rings (SSSR count). The highest BCUT2D eigenvalue weighted by molar-refractivity contribution is 7.92. The Morgan fingerprint density at radius 3 is 2.68 bits per heavy atom. The van der Waals surface area contributed by atoms with Gasteiger partial charge in [-0.05, 0) is 67.4 Å². The number of aromatic nitrogens is 1. The third-order valence-electron chi connectivity index (χ3n) is 4.84. The van der Waals surface area contributed by atoms with Crippen LogP contribution >= 0.6 is 0 Å². The van der Waals surface area contributed by atoms with Crippen LogP contribution in [0.4, 0.5) is 15.9 Å². The molecule has 0 aliphatic carbocycles. The van der Waals surface area contributed by atoms with E-state index in [1.54, 1.807) is 25.3 Å². The van der Waals surface area contributed by atoms with E-state index in [1.165, 1.54) is 41.3 Å². The van der Waals surface area contributed by atoms with Crippen LogP contribution in [0.15, 0.2) is 59.6 Å². The highest BCUT2D eigenvalue weighted by Gasteiger charge is 2.30. The average Bonchev–Trinajstić information content (AvgIpc) is 2.85. The van der Waals surface area contributed by atoms with Crippen molar-refractivity contribution in [3.05, 3.63) is 71.7 Å². The lowest BCUT2D eigenvalue weighted by Gasteiger charge is -2.20. The lowest BCUT2D eigenvalue weighted by molar-refractivity contribution is 0.0986. The lowest BCUT2D eigenvalue weighted by Crippen LogP contribution is -2.31. The number of nitrogens with one attached hydrogen (secondary N) is 1. The number of nitrogens with zero attached hydrogens (tertiary/aromatic N) is 2. The van der Waals surface area contributed by atoms with Crippen molar-refractivity contribution in [2.24, 2.45) is 0 Å². The predicted molar refractivity (Wildman–Crippen MR) is 115 cm³/mol. The van der Waals surface area contributed by atoms with Crippen molar-refractivity contribution >= 4 is 27.4 Å². The molecule has 31 heavy (non-hydrogen) atoms. The van der Waals surface area contributed by atoms with Crippen LogP contribution in [0.3, 0.4) is 0 Å². The van der Waals surface area contributed by atoms with E-state index in [1.807, 2.05) is 6.92 Å². The van der Waals surface area contributed by atoms with Crippen molar-refractivity contribution in [3.8, 4) is 11.5 Å². The summed E-state index contributed by atoms with van der Waals surface area (Å²) in [5, 5.41) is 0. The summed E-state index contributed by atoms with van der Waals surface area (Å²) in [5.41, 5.74) is 0.807. The number of anilines is 2. The van der Waals surface area contributed by atoms with Crippen molar-refractivity contribution in [2.45, 2.75) is 25.2 Å². The van der Waals surface area contributed by atoms with Gasteiger partial charge in [0.15, 0.2) is 11.6 Å². The van der Waals surface area contributed by atoms with Crippen molar-refractivity contribution in [1.29, 1.82) is 0 Å². The Labute approximate surface area is 179 Å². The molecule has 0 saturated heterocycles. The quantitative estimate of drug-likeness (QED) is 0.630. The van der Waals surface area contributed by atoms with Gasteiger partial charge in [0.1, 0.15) is 11.6 Å². The molecule has 0 fully saturated rings. The van der Waals surface area contributed by atoms with Crippen LogP contribution in [0.25, 0.3) is 0 Å². The molecule has 3 aromatic rings. The summed E-state index contributed by atoms with van der Waals surface area (Å²) in [5.74, 6) is 0.185. The Bertz CT molecular complexity index is 1280. The number of sulfonamides is 1. The van der Waals surface area contributed by atoms with Crippen molar-refractivity contribution in [3.63, 3.8) is 0 Å². The number of hydrogen-bond acceptors (Lipinski definition) is 5. The Kier molecular flexibility index (Phi) is 5.36. The summed E-state index contributed by atoms with van der Waals surface area (Å²) in [4.78, 5) is 18.9. The first-order valence-electron chi connectivity index (χ1n) is 9.68. The molecule has 2 aromatic carbocycles. The van der Waals surface area contributed by atoms with Crippen molar-refractivity contribution < 1.29 is 22.3 Å². The monoisotopic (exact) mass is 441 g/mol. The number of carbonyl (C=O) groups is 1. The Balaban J connectivity index is 1.75. The smallest absolute Gasteiger partial charge is 0.263 e. The molecule has 1 aromatic heterocycles. The Morgan fingerprint density at radius 2 is 1.94 bits per heavy atom. The molecule has 0 atom stereocenters. The standard InChI is InChI=1S/C22H20FN3O4S/c1-3-11-26-21-20(5-4-10-24-21)30-19-9-7-16(13-17(19)22(26)27)31(28,29)25-18-8-6-15(23)12-14(18)2/h4-10,12-13,25H,3,11H2,1-2H3. The van der Waals surface area contributed by atoms with Crippen LogP contribution in [0.2, 0.25) is 0 Å². The van der Waals surface area contributed by atoms with Crippen LogP contribution in [0.1, 0.15) is 29.3 Å². The molecule has 0 unspecified atom stereocenters. The minimum absolute atomic E-state index is 0.109. The van der Waals surface area contributed by atoms with E-state index in [2.05, 4.69) is 9.71 Å². The van der Waals surface area contributed by atoms with Gasteiger partial charge in [0.2, 0.25) is 0 Å². The van der Waals surface area contributed by atoms with Gasteiger partial charge in [-0.25, -0.2) is 17.8 Å². The molecular weight excluding hydrogens is 421 g/mol. The van der Waals surface area contributed by atoms with E-state index >= 15 is 0 Å². The van der Waals surface area contributed by atoms with E-state index in [-0.39, 0.29) is 21.9 Å². The van der Waals surface area contributed by atoms with Crippen molar-refractivity contribution in [2.75, 3.05) is 16.2 Å². The van der Waals surface area contributed by atoms with Gasteiger partial charge in [0, 0.05) is 12.7 Å². The molecule has 0 bridgehead atoms. The number of carbonyl (C=O) groups excluding carboxylic acids is 1. The van der Waals surface area contributed by atoms with Gasteiger partial charge in [-0.1, -0.05) is 6.92 Å². The van der Waals surface area contributed by atoms with Crippen LogP contribution in [-0.2, 0) is 10.0 Å². The van der Waals surface area contributed by atoms with Gasteiger partial charge >= 0.3 is 0 Å². The third-order valence-corrected chi connectivity index (χ3v) is 6.21. The second kappa shape index (κ2) is 7.99. The van der Waals surface area contributed by atoms with Gasteiger partial charge in [0.25, 0.3) is 15.9 Å². The highest BCUT2D eigenvalue weighted by atomic mass is 32.2. The molecular formula is C22H20FN3O4S. The maximum atomic E-state index is 13.3. The van der Waals surface area contributed by atoms with Gasteiger partial charge < -0.3 is 4.74 Å². The maximum Gasteiger partial charge on any atom is 0.263 e. The van der Waals surface area contributed by atoms with Crippen LogP contribution in [0, 0.1) is 12.7 Å². The molecule has 1 amide bonds. The number of rotatable bonds is 5. The number of aryl methyl sites for hydroxylation is 1. The molecule has 2 heterocycles. The molecule has 7 nitrogen and oxygen atoms in total. The molecule has 1 aliphatic heterocycles. The minimum atomic E-state index is -4.03. The summed E-state index contributed by atoms with van der Waals surface area (Å²) in [6.45, 7) is 3.93. The minimum Gasteiger partial charge on any atom is -0.453 e. The Hall–Kier alpha value is -3.46. The SMILES string of the molecule is CCCN1C(=O)c2cc(S(=O)(=O)Nc3ccc(F)cc3C)ccc2Oc2cccnc21. The van der Waals surface area contributed by atoms with Gasteiger partial charge in [-0.2, -0.15) is 0 Å². The highest BCUT2D eigenvalue weighted by Crippen LogP contribution is 2.38. The topological polar surface area (TPSA) is 88.6 Å². The fourth-order valence-electron chi connectivity index (χ4n) is 3.33. The number of benzene rings is 2. The number of amides is 1. The second-order valence-corrected chi connectivity index (χ2v) is 8.79. The van der Waals surface area contributed by atoms with E-state index < -0.39 is 21.7 Å². The normalized spacial score (nSPS) is 13.1. The predicted octanol–water partition coefficient (Wildman–Crippen LogP) is 4.49. The fourth-order valence-corrected chi connectivity index (χ4v) is 4.49. The number of hydrogen-bond donors (Lipinski definition) is 1. The summed E-state index contributed by atoms with van der Waals surface area (Å²) in [6, 6.07) is 11.3. The van der Waals surface area contributed by atoms with Crippen LogP contribution in [-0.4, -0.2) is 25.9 Å². The summed E-state index contributed by atoms with van der Waals surface area (Å²) in [6.07, 6.45) is 2.25. The molecule has 1 aliphatic rings. The molecule has 0 saturated carbocycles. The van der Waals surface area contributed by atoms with E-state index in [0.717, 1.165) is 0 Å². The van der Waals surface area contributed by atoms with E-state index in [0.29, 0.717) is 30.1 Å². The van der Waals surface area contributed by atoms with E-state index in [9.17, 15) is 17.6 Å². The molecule has 0 radical (unpaired) electrons. The number of halogens is 1. The summed E-state index contributed by atoms with van der Waals surface area (Å²) >= 11 is 0. The number of fused-ring (bicyclic) bond motifs is 2. The zero-order chi connectivity index (χ0) is 22.2. The van der Waals surface area contributed by atoms with Gasteiger partial charge in [0.05, 0.1) is 16.1 Å². The third kappa shape index (κ3) is 3.96. The zero-order valence-electron chi connectivity index (χ0n) is 16.9. The lowest BCUT2D eigenvalue weighted by atomic mass is 10.1. The largest absolute Gasteiger partial charge is 0.453 e. The summed E-state index contributed by atoms with van der Waals surface area (Å²) < 4.78 is 47.6. The average molecular weight is 441 g/mol. The molecule has 0 spiro atoms. The van der Waals surface area contributed by atoms with E-state index in [4.69, 9.17) is 4.74 Å². The number of ether oxygens (including phenoxy) is 1. The fraction of sp³-hybridized carbons (Fsp3) is 0.182. The second-order valence-electron chi connectivity index (χ2n) is 7.11. The number of pyridine rings is 1. The van der Waals surface area contributed by atoms with Crippen LogP contribution < -0.4 is 14.4 Å². The first-order valence-corrected chi connectivity index (χ1v) is 11.2. The maximum absolute atomic E-state index is 13.3. The molecule has 1 N–H and O–H groups in total. The summed E-state index contributed by atoms with van der Waals surface area (Å²) in [7, 11) is -4.03. The first kappa shape index (κ1) is 20.8. The first-order chi connectivity index (χ1) is 14.8. The zero-order valence-corrected chi connectivity index (χ0v) is 17.7.